The number of nitrogens with one attached hydrogen (secondary N) is 2. The van der Waals surface area contributed by atoms with Crippen LogP contribution in [0.25, 0.3) is 0 Å². The SMILES string of the molecule is Cc1nn(C(F)F)cc1S(=O)(=O)N1CC(CNC(=O)C(C)(N)C(F)(F)F)Oc2ccc(NC(=O)OC(C)(C)C(F)(F)F)cc21. The number of hydrogen-bond donors (Lipinski definition) is 3. The fourth-order valence-corrected chi connectivity index (χ4v) is 5.27. The molecule has 0 spiro atoms. The number of benzene rings is 1. The van der Waals surface area contributed by atoms with Crippen molar-refractivity contribution in [2.24, 2.45) is 5.73 Å². The van der Waals surface area contributed by atoms with Crippen LogP contribution >= 0.6 is 0 Å². The zero-order chi connectivity index (χ0) is 33.6. The van der Waals surface area contributed by atoms with Gasteiger partial charge in [0, 0.05) is 5.69 Å². The average Bonchev–Trinajstić information content (AvgIpc) is 3.27. The third kappa shape index (κ3) is 6.92. The number of alkyl halides is 8. The predicted molar refractivity (Wildman–Crippen MR) is 136 cm³/mol. The lowest BCUT2D eigenvalue weighted by molar-refractivity contribution is -0.242. The molecule has 3 rings (SSSR count). The molecule has 4 N–H and O–H groups in total. The summed E-state index contributed by atoms with van der Waals surface area (Å²) in [5.74, 6) is -1.94. The number of hydrogen-bond acceptors (Lipinski definition) is 8. The zero-order valence-electron chi connectivity index (χ0n) is 23.2. The summed E-state index contributed by atoms with van der Waals surface area (Å²) < 4.78 is 143. The van der Waals surface area contributed by atoms with E-state index in [9.17, 15) is 53.1 Å². The molecule has 0 saturated carbocycles. The minimum atomic E-state index is -5.14. The van der Waals surface area contributed by atoms with Crippen molar-refractivity contribution in [1.29, 1.82) is 0 Å². The van der Waals surface area contributed by atoms with E-state index in [0.29, 0.717) is 31.3 Å². The van der Waals surface area contributed by atoms with Crippen molar-refractivity contribution in [3.05, 3.63) is 30.1 Å². The monoisotopic (exact) mass is 666 g/mol. The summed E-state index contributed by atoms with van der Waals surface area (Å²) in [6, 6.07) is 3.10. The Kier molecular flexibility index (Phi) is 9.09. The quantitative estimate of drug-likeness (QED) is 0.359. The molecule has 2 aromatic rings. The van der Waals surface area contributed by atoms with Crippen molar-refractivity contribution in [2.45, 2.75) is 68.7 Å². The fraction of sp³-hybridized carbons (Fsp3) is 0.522. The highest BCUT2D eigenvalue weighted by Gasteiger charge is 2.54. The van der Waals surface area contributed by atoms with Gasteiger partial charge >= 0.3 is 25.0 Å². The van der Waals surface area contributed by atoms with Gasteiger partial charge in [-0.25, -0.2) is 17.9 Å². The van der Waals surface area contributed by atoms with Crippen molar-refractivity contribution in [3.63, 3.8) is 0 Å². The Balaban J connectivity index is 1.99. The van der Waals surface area contributed by atoms with Gasteiger partial charge in [-0.15, -0.1) is 0 Å². The number of carbonyl (C=O) groups excluding carboxylic acids is 2. The van der Waals surface area contributed by atoms with Gasteiger partial charge in [-0.1, -0.05) is 0 Å². The molecule has 12 nitrogen and oxygen atoms in total. The molecule has 0 aliphatic carbocycles. The molecule has 44 heavy (non-hydrogen) atoms. The molecule has 21 heteroatoms. The van der Waals surface area contributed by atoms with Crippen LogP contribution in [0.2, 0.25) is 0 Å². The summed E-state index contributed by atoms with van der Waals surface area (Å²) in [7, 11) is -4.81. The normalized spacial score (nSPS) is 17.4. The standard InChI is InChI=1S/C23H26F8N6O6S/c1-11-16(10-36(35-11)18(24)25)44(40,41)37-9-13(8-33-17(38)21(4,32)23(29,30)31)42-15-6-5-12(7-14(15)37)34-19(39)43-20(2,3)22(26,27)28/h5-7,10,13,18H,8-9,32H2,1-4H3,(H,33,38)(H,34,39). The Morgan fingerprint density at radius 1 is 1.14 bits per heavy atom. The van der Waals surface area contributed by atoms with E-state index in [-0.39, 0.29) is 27.5 Å². The number of aryl methyl sites for hydroxylation is 1. The number of nitrogens with zero attached hydrogens (tertiary/aromatic N) is 3. The first-order valence-electron chi connectivity index (χ1n) is 12.3. The van der Waals surface area contributed by atoms with Crippen LogP contribution in [0.1, 0.15) is 33.0 Å². The number of halogens is 8. The van der Waals surface area contributed by atoms with E-state index in [1.807, 2.05) is 10.6 Å². The van der Waals surface area contributed by atoms with Crippen molar-refractivity contribution >= 4 is 33.4 Å². The third-order valence-corrected chi connectivity index (χ3v) is 8.24. The highest BCUT2D eigenvalue weighted by Crippen LogP contribution is 2.40. The van der Waals surface area contributed by atoms with Crippen molar-refractivity contribution in [1.82, 2.24) is 15.1 Å². The second-order valence-electron chi connectivity index (χ2n) is 10.2. The van der Waals surface area contributed by atoms with Crippen LogP contribution < -0.4 is 25.4 Å². The van der Waals surface area contributed by atoms with Gasteiger partial charge < -0.3 is 20.5 Å². The lowest BCUT2D eigenvalue weighted by Gasteiger charge is -2.36. The smallest absolute Gasteiger partial charge is 0.427 e. The van der Waals surface area contributed by atoms with Gasteiger partial charge in [0.1, 0.15) is 16.7 Å². The van der Waals surface area contributed by atoms with E-state index in [4.69, 9.17) is 10.5 Å². The van der Waals surface area contributed by atoms with Gasteiger partial charge in [-0.2, -0.15) is 40.2 Å². The molecule has 1 aromatic carbocycles. The van der Waals surface area contributed by atoms with E-state index < -0.39 is 76.2 Å². The summed E-state index contributed by atoms with van der Waals surface area (Å²) in [5.41, 5.74) is -2.13. The van der Waals surface area contributed by atoms with Crippen LogP contribution in [0.15, 0.2) is 29.3 Å². The number of carbonyl (C=O) groups is 2. The maximum Gasteiger partial charge on any atom is 0.427 e. The van der Waals surface area contributed by atoms with Gasteiger partial charge in [0.25, 0.3) is 10.0 Å². The Bertz CT molecular complexity index is 1520. The molecule has 0 saturated heterocycles. The van der Waals surface area contributed by atoms with E-state index in [0.717, 1.165) is 25.1 Å². The molecular weight excluding hydrogens is 640 g/mol. The summed E-state index contributed by atoms with van der Waals surface area (Å²) >= 11 is 0. The minimum Gasteiger partial charge on any atom is -0.484 e. The van der Waals surface area contributed by atoms with E-state index in [1.54, 1.807) is 0 Å². The molecule has 1 aliphatic heterocycles. The molecule has 1 aliphatic rings. The minimum absolute atomic E-state index is 0.0664. The van der Waals surface area contributed by atoms with E-state index in [2.05, 4.69) is 9.84 Å². The third-order valence-electron chi connectivity index (χ3n) is 6.36. The van der Waals surface area contributed by atoms with Gasteiger partial charge in [0.2, 0.25) is 11.5 Å². The fourth-order valence-electron chi connectivity index (χ4n) is 3.61. The molecule has 0 bridgehead atoms. The molecule has 0 radical (unpaired) electrons. The molecule has 2 heterocycles. The Labute approximate surface area is 244 Å². The maximum absolute atomic E-state index is 13.7. The number of aromatic nitrogens is 2. The van der Waals surface area contributed by atoms with Gasteiger partial charge in [0.05, 0.1) is 30.7 Å². The van der Waals surface area contributed by atoms with Gasteiger partial charge in [-0.3, -0.25) is 14.4 Å². The first-order valence-corrected chi connectivity index (χ1v) is 13.7. The van der Waals surface area contributed by atoms with E-state index >= 15 is 0 Å². The van der Waals surface area contributed by atoms with Gasteiger partial charge in [-0.05, 0) is 45.9 Å². The van der Waals surface area contributed by atoms with Gasteiger partial charge in [0.15, 0.2) is 5.54 Å². The topological polar surface area (TPSA) is 158 Å². The van der Waals surface area contributed by atoms with Crippen LogP contribution in [0, 0.1) is 6.92 Å². The molecule has 246 valence electrons. The first-order chi connectivity index (χ1) is 19.9. The highest BCUT2D eigenvalue weighted by molar-refractivity contribution is 7.92. The van der Waals surface area contributed by atoms with Crippen molar-refractivity contribution < 1.29 is 62.6 Å². The highest BCUT2D eigenvalue weighted by atomic mass is 32.2. The van der Waals surface area contributed by atoms with Crippen LogP contribution in [0.4, 0.5) is 51.3 Å². The molecule has 2 amide bonds. The zero-order valence-corrected chi connectivity index (χ0v) is 24.0. The van der Waals surface area contributed by atoms with Crippen LogP contribution in [-0.4, -0.2) is 72.9 Å². The lowest BCUT2D eigenvalue weighted by atomic mass is 10.0. The molecule has 2 atom stereocenters. The largest absolute Gasteiger partial charge is 0.484 e. The number of fused-ring (bicyclic) bond motifs is 1. The Hall–Kier alpha value is -3.88. The Morgan fingerprint density at radius 2 is 1.75 bits per heavy atom. The van der Waals surface area contributed by atoms with Crippen LogP contribution in [-0.2, 0) is 19.6 Å². The second kappa shape index (κ2) is 11.6. The molecule has 1 aromatic heterocycles. The predicted octanol–water partition coefficient (Wildman–Crippen LogP) is 3.83. The van der Waals surface area contributed by atoms with Crippen LogP contribution in [0.3, 0.4) is 0 Å². The molecule has 2 unspecified atom stereocenters. The second-order valence-corrected chi connectivity index (χ2v) is 12.1. The molecular formula is C23H26F8N6O6S. The first kappa shape index (κ1) is 34.6. The summed E-state index contributed by atoms with van der Waals surface area (Å²) in [4.78, 5) is 23.7. The lowest BCUT2D eigenvalue weighted by Crippen LogP contribution is -2.62. The average molecular weight is 667 g/mol. The maximum atomic E-state index is 13.7. The number of sulfonamides is 1. The number of nitrogens with two attached hydrogens (primary N) is 1. The summed E-state index contributed by atoms with van der Waals surface area (Å²) in [6.07, 6.45) is -12.5. The van der Waals surface area contributed by atoms with Crippen molar-refractivity contribution in [3.8, 4) is 5.75 Å². The number of anilines is 2. The summed E-state index contributed by atoms with van der Waals surface area (Å²) in [5, 5.41) is 7.40. The molecule has 0 fully saturated rings. The van der Waals surface area contributed by atoms with Crippen molar-refractivity contribution in [2.75, 3.05) is 22.7 Å². The van der Waals surface area contributed by atoms with Crippen LogP contribution in [0.5, 0.6) is 5.75 Å². The number of rotatable bonds is 8. The summed E-state index contributed by atoms with van der Waals surface area (Å²) in [6.45, 7) is -1.96. The Morgan fingerprint density at radius 3 is 2.27 bits per heavy atom. The number of ether oxygens (including phenoxy) is 2. The van der Waals surface area contributed by atoms with E-state index in [1.165, 1.54) is 0 Å². The number of amides is 2.